The van der Waals surface area contributed by atoms with Crippen molar-refractivity contribution < 1.29 is 28.6 Å². The largest absolute Gasteiger partial charge is 0.496 e. The van der Waals surface area contributed by atoms with Crippen molar-refractivity contribution in [2.24, 2.45) is 0 Å². The smallest absolute Gasteiger partial charge is 0.259 e. The van der Waals surface area contributed by atoms with Crippen molar-refractivity contribution in [2.75, 3.05) is 26.1 Å². The minimum Gasteiger partial charge on any atom is -0.496 e. The fourth-order valence-electron chi connectivity index (χ4n) is 5.27. The number of hydrogen-bond acceptors (Lipinski definition) is 6. The van der Waals surface area contributed by atoms with Crippen LogP contribution in [0.15, 0.2) is 60.7 Å². The molecule has 0 unspecified atom stereocenters. The Kier molecular flexibility index (Phi) is 9.21. The molecular weight excluding hydrogens is 581 g/mol. The number of ether oxygens (including phenoxy) is 3. The first-order valence-corrected chi connectivity index (χ1v) is 14.3. The zero-order valence-electron chi connectivity index (χ0n) is 23.2. The third kappa shape index (κ3) is 6.64. The summed E-state index contributed by atoms with van der Waals surface area (Å²) in [6, 6.07) is 16.9. The third-order valence-corrected chi connectivity index (χ3v) is 8.25. The summed E-state index contributed by atoms with van der Waals surface area (Å²) in [7, 11) is 3.24. The molecule has 0 aromatic heterocycles. The molecule has 0 spiro atoms. The molecule has 2 aliphatic rings. The van der Waals surface area contributed by atoms with Crippen LogP contribution in [0.4, 0.5) is 5.69 Å². The van der Waals surface area contributed by atoms with E-state index in [0.29, 0.717) is 57.7 Å². The molecule has 1 saturated heterocycles. The van der Waals surface area contributed by atoms with Crippen molar-refractivity contribution in [3.8, 4) is 11.5 Å². The number of hydrogen-bond donors (Lipinski definition) is 2. The molecule has 2 N–H and O–H groups in total. The van der Waals surface area contributed by atoms with E-state index < -0.39 is 6.10 Å². The van der Waals surface area contributed by atoms with Gasteiger partial charge in [-0.1, -0.05) is 41.4 Å². The van der Waals surface area contributed by atoms with Gasteiger partial charge in [0.15, 0.2) is 0 Å². The molecule has 9 nitrogen and oxygen atoms in total. The monoisotopic (exact) mass is 611 g/mol. The Morgan fingerprint density at radius 2 is 1.86 bits per heavy atom. The minimum absolute atomic E-state index is 0.145. The summed E-state index contributed by atoms with van der Waals surface area (Å²) >= 11 is 12.0. The van der Waals surface area contributed by atoms with E-state index in [1.165, 1.54) is 7.11 Å². The summed E-state index contributed by atoms with van der Waals surface area (Å²) in [4.78, 5) is 40.8. The minimum atomic E-state index is -0.404. The second-order valence-corrected chi connectivity index (χ2v) is 11.1. The maximum absolute atomic E-state index is 13.6. The van der Waals surface area contributed by atoms with Crippen molar-refractivity contribution in [3.05, 3.63) is 87.4 Å². The molecule has 2 heterocycles. The number of anilines is 1. The molecule has 3 aromatic rings. The van der Waals surface area contributed by atoms with E-state index in [4.69, 9.17) is 37.4 Å². The number of benzene rings is 3. The van der Waals surface area contributed by atoms with E-state index in [2.05, 4.69) is 10.6 Å². The number of likely N-dealkylation sites (N-methyl/N-ethyl adjacent to an activating group) is 1. The first-order valence-electron chi connectivity index (χ1n) is 13.6. The number of para-hydroxylation sites is 1. The predicted octanol–water partition coefficient (Wildman–Crippen LogP) is 5.34. The van der Waals surface area contributed by atoms with Crippen molar-refractivity contribution in [3.63, 3.8) is 0 Å². The maximum atomic E-state index is 13.6. The molecule has 5 rings (SSSR count). The Morgan fingerprint density at radius 1 is 1.05 bits per heavy atom. The zero-order valence-corrected chi connectivity index (χ0v) is 24.7. The Hall–Kier alpha value is -3.79. The molecule has 3 aromatic carbocycles. The predicted molar refractivity (Wildman–Crippen MR) is 160 cm³/mol. The lowest BCUT2D eigenvalue weighted by Gasteiger charge is -2.42. The number of halogens is 2. The number of amides is 3. The molecule has 42 heavy (non-hydrogen) atoms. The Labute approximate surface area is 254 Å². The summed E-state index contributed by atoms with van der Waals surface area (Å²) in [6.45, 7) is 0.538. The molecule has 3 atom stereocenters. The lowest BCUT2D eigenvalue weighted by atomic mass is 9.94. The normalized spacial score (nSPS) is 19.9. The maximum Gasteiger partial charge on any atom is 0.259 e. The first kappa shape index (κ1) is 29.7. The molecule has 1 fully saturated rings. The number of carbonyl (C=O) groups is 3. The van der Waals surface area contributed by atoms with Crippen LogP contribution in [0, 0.1) is 0 Å². The highest BCUT2D eigenvalue weighted by Gasteiger charge is 2.39. The lowest BCUT2D eigenvalue weighted by molar-refractivity contribution is -0.134. The highest BCUT2D eigenvalue weighted by Crippen LogP contribution is 2.33. The Morgan fingerprint density at radius 3 is 2.64 bits per heavy atom. The Balaban J connectivity index is 1.22. The average Bonchev–Trinajstić information content (AvgIpc) is 2.99. The van der Waals surface area contributed by atoms with Crippen LogP contribution in [0.5, 0.6) is 11.5 Å². The van der Waals surface area contributed by atoms with Gasteiger partial charge in [-0.3, -0.25) is 14.4 Å². The number of nitrogens with zero attached hydrogens (tertiary/aromatic N) is 1. The van der Waals surface area contributed by atoms with E-state index in [9.17, 15) is 14.4 Å². The molecule has 220 valence electrons. The van der Waals surface area contributed by atoms with E-state index in [1.807, 2.05) is 6.07 Å². The number of carbonyl (C=O) groups excluding carboxylic acids is 3. The molecule has 0 radical (unpaired) electrons. The molecule has 3 amide bonds. The summed E-state index contributed by atoms with van der Waals surface area (Å²) in [5, 5.41) is 6.63. The molecular formula is C31H31Cl2N3O6. The second kappa shape index (κ2) is 13.0. The topological polar surface area (TPSA) is 106 Å². The van der Waals surface area contributed by atoms with Crippen LogP contribution in [0.25, 0.3) is 0 Å². The van der Waals surface area contributed by atoms with Crippen LogP contribution in [0.2, 0.25) is 10.0 Å². The number of rotatable bonds is 7. The molecule has 0 saturated carbocycles. The van der Waals surface area contributed by atoms with Crippen molar-refractivity contribution in [1.29, 1.82) is 0 Å². The standard InChI is InChI=1S/C31H31Cl2N3O6/c1-36-25-11-9-20(15-29(37)34-16-18-7-10-23(32)24(33)13-18)42-28(25)17-41-27-12-8-19(14-22(27)31(36)39)35-30(38)21-5-3-4-6-26(21)40-2/h3-8,10,12-14,20,25,28H,9,11,15-17H2,1-2H3,(H,34,37)(H,35,38)/t20-,25+,28-/m0/s1. The molecule has 0 bridgehead atoms. The van der Waals surface area contributed by atoms with Gasteiger partial charge in [0, 0.05) is 19.3 Å². The van der Waals surface area contributed by atoms with E-state index in [-0.39, 0.29) is 42.9 Å². The summed E-state index contributed by atoms with van der Waals surface area (Å²) in [5.74, 6) is 0.104. The summed E-state index contributed by atoms with van der Waals surface area (Å²) in [5.41, 5.74) is 2.03. The van der Waals surface area contributed by atoms with Crippen LogP contribution < -0.4 is 20.1 Å². The van der Waals surface area contributed by atoms with E-state index >= 15 is 0 Å². The van der Waals surface area contributed by atoms with Gasteiger partial charge in [0.05, 0.1) is 46.8 Å². The highest BCUT2D eigenvalue weighted by atomic mass is 35.5. The molecule has 2 aliphatic heterocycles. The lowest BCUT2D eigenvalue weighted by Crippen LogP contribution is -2.53. The van der Waals surface area contributed by atoms with Crippen LogP contribution >= 0.6 is 23.2 Å². The molecule has 0 aliphatic carbocycles. The number of methoxy groups -OCH3 is 1. The van der Waals surface area contributed by atoms with Crippen molar-refractivity contribution in [1.82, 2.24) is 10.2 Å². The third-order valence-electron chi connectivity index (χ3n) is 7.51. The quantitative estimate of drug-likeness (QED) is 0.373. The van der Waals surface area contributed by atoms with Gasteiger partial charge < -0.3 is 29.7 Å². The average molecular weight is 613 g/mol. The van der Waals surface area contributed by atoms with Crippen LogP contribution in [0.1, 0.15) is 45.5 Å². The fraction of sp³-hybridized carbons (Fsp3) is 0.323. The van der Waals surface area contributed by atoms with Gasteiger partial charge in [-0.05, 0) is 60.9 Å². The fourth-order valence-corrected chi connectivity index (χ4v) is 5.59. The van der Waals surface area contributed by atoms with Gasteiger partial charge in [-0.15, -0.1) is 0 Å². The van der Waals surface area contributed by atoms with Gasteiger partial charge in [0.1, 0.15) is 24.2 Å². The SMILES string of the molecule is COc1ccccc1C(=O)Nc1ccc2c(c1)C(=O)N(C)[C@@H]1CC[C@@H](CC(=O)NCc3ccc(Cl)c(Cl)c3)O[C@H]1CO2. The van der Waals surface area contributed by atoms with Gasteiger partial charge in [-0.25, -0.2) is 0 Å². The molecule has 11 heteroatoms. The highest BCUT2D eigenvalue weighted by molar-refractivity contribution is 6.42. The summed E-state index contributed by atoms with van der Waals surface area (Å²) in [6.07, 6.45) is 0.743. The van der Waals surface area contributed by atoms with Crippen LogP contribution in [-0.4, -0.2) is 61.6 Å². The van der Waals surface area contributed by atoms with E-state index in [0.717, 1.165) is 5.56 Å². The van der Waals surface area contributed by atoms with Crippen LogP contribution in [-0.2, 0) is 16.1 Å². The van der Waals surface area contributed by atoms with Gasteiger partial charge >= 0.3 is 0 Å². The summed E-state index contributed by atoms with van der Waals surface area (Å²) < 4.78 is 17.6. The number of fused-ring (bicyclic) bond motifs is 2. The first-order chi connectivity index (χ1) is 20.2. The van der Waals surface area contributed by atoms with Gasteiger partial charge in [0.2, 0.25) is 5.91 Å². The second-order valence-electron chi connectivity index (χ2n) is 10.3. The van der Waals surface area contributed by atoms with E-state index in [1.54, 1.807) is 66.5 Å². The van der Waals surface area contributed by atoms with Gasteiger partial charge in [-0.2, -0.15) is 0 Å². The number of nitrogens with one attached hydrogen (secondary N) is 2. The zero-order chi connectivity index (χ0) is 29.8. The van der Waals surface area contributed by atoms with Crippen molar-refractivity contribution >= 4 is 46.6 Å². The van der Waals surface area contributed by atoms with Crippen molar-refractivity contribution in [2.45, 2.75) is 44.1 Å². The van der Waals surface area contributed by atoms with Gasteiger partial charge in [0.25, 0.3) is 11.8 Å². The Bertz CT molecular complexity index is 1500. The van der Waals surface area contributed by atoms with Crippen LogP contribution in [0.3, 0.4) is 0 Å².